The van der Waals surface area contributed by atoms with Crippen LogP contribution in [0.25, 0.3) is 0 Å². The predicted octanol–water partition coefficient (Wildman–Crippen LogP) is 6.89. The number of rotatable bonds is 17. The molecule has 1 unspecified atom stereocenters. The van der Waals surface area contributed by atoms with Gasteiger partial charge in [0.1, 0.15) is 11.4 Å². The van der Waals surface area contributed by atoms with E-state index in [-0.39, 0.29) is 17.5 Å². The van der Waals surface area contributed by atoms with E-state index in [2.05, 4.69) is 11.9 Å². The Labute approximate surface area is 183 Å². The zero-order valence-electron chi connectivity index (χ0n) is 19.3. The molecule has 1 aromatic heterocycles. The van der Waals surface area contributed by atoms with Crippen LogP contribution in [0.4, 0.5) is 0 Å². The number of unbranched alkanes of at least 4 members (excludes halogenated alkanes) is 10. The summed E-state index contributed by atoms with van der Waals surface area (Å²) in [7, 11) is 0. The topological polar surface area (TPSA) is 65.5 Å². The number of carbonyl (C=O) groups is 2. The summed E-state index contributed by atoms with van der Waals surface area (Å²) in [5, 5.41) is 0. The molecule has 0 fully saturated rings. The molecule has 0 bridgehead atoms. The number of ether oxygens (including phenoxy) is 2. The zero-order valence-corrected chi connectivity index (χ0v) is 19.3. The van der Waals surface area contributed by atoms with E-state index in [1.807, 2.05) is 13.8 Å². The fourth-order valence-corrected chi connectivity index (χ4v) is 3.38. The average Bonchev–Trinajstić information content (AvgIpc) is 2.74. The highest BCUT2D eigenvalue weighted by atomic mass is 16.5. The first-order chi connectivity index (χ1) is 14.6. The van der Waals surface area contributed by atoms with Crippen LogP contribution in [0.15, 0.2) is 18.2 Å². The molecule has 0 aliphatic rings. The van der Waals surface area contributed by atoms with Gasteiger partial charge in [0.25, 0.3) is 0 Å². The van der Waals surface area contributed by atoms with Crippen LogP contribution >= 0.6 is 0 Å². The Morgan fingerprint density at radius 2 is 1.33 bits per heavy atom. The van der Waals surface area contributed by atoms with Crippen molar-refractivity contribution in [1.82, 2.24) is 4.98 Å². The van der Waals surface area contributed by atoms with E-state index >= 15 is 0 Å². The smallest absolute Gasteiger partial charge is 0.357 e. The van der Waals surface area contributed by atoms with E-state index in [0.29, 0.717) is 6.61 Å². The molecule has 5 nitrogen and oxygen atoms in total. The molecular formula is C25H41NO4. The third-order valence-corrected chi connectivity index (χ3v) is 5.15. The quantitative estimate of drug-likeness (QED) is 0.203. The van der Waals surface area contributed by atoms with Crippen molar-refractivity contribution in [3.8, 4) is 0 Å². The number of pyridine rings is 1. The first kappa shape index (κ1) is 26.1. The summed E-state index contributed by atoms with van der Waals surface area (Å²) >= 11 is 0. The molecule has 0 amide bonds. The van der Waals surface area contributed by atoms with E-state index in [4.69, 9.17) is 9.47 Å². The van der Waals surface area contributed by atoms with E-state index in [1.165, 1.54) is 57.8 Å². The first-order valence-electron chi connectivity index (χ1n) is 11.9. The van der Waals surface area contributed by atoms with Gasteiger partial charge in [-0.15, -0.1) is 0 Å². The third-order valence-electron chi connectivity index (χ3n) is 5.15. The lowest BCUT2D eigenvalue weighted by Crippen LogP contribution is -2.17. The fraction of sp³-hybridized carbons (Fsp3) is 0.720. The van der Waals surface area contributed by atoms with Crippen LogP contribution in [0, 0.1) is 0 Å². The number of esters is 2. The van der Waals surface area contributed by atoms with Crippen LogP contribution in [0.1, 0.15) is 125 Å². The monoisotopic (exact) mass is 419 g/mol. The second-order valence-corrected chi connectivity index (χ2v) is 8.08. The van der Waals surface area contributed by atoms with Crippen LogP contribution in [-0.2, 0) is 9.47 Å². The molecule has 0 saturated heterocycles. The normalized spacial score (nSPS) is 11.8. The molecule has 0 spiro atoms. The second kappa shape index (κ2) is 16.8. The molecule has 1 rings (SSSR count). The van der Waals surface area contributed by atoms with Crippen LogP contribution in [-0.4, -0.2) is 29.6 Å². The molecule has 30 heavy (non-hydrogen) atoms. The molecule has 170 valence electrons. The number of hydrogen-bond donors (Lipinski definition) is 0. The van der Waals surface area contributed by atoms with Crippen molar-refractivity contribution in [3.63, 3.8) is 0 Å². The average molecular weight is 420 g/mol. The molecule has 5 heteroatoms. The molecule has 0 radical (unpaired) electrons. The van der Waals surface area contributed by atoms with Gasteiger partial charge in [0.05, 0.1) is 12.7 Å². The van der Waals surface area contributed by atoms with Crippen molar-refractivity contribution >= 4 is 11.9 Å². The summed E-state index contributed by atoms with van der Waals surface area (Å²) in [5.74, 6) is -0.991. The van der Waals surface area contributed by atoms with Gasteiger partial charge in [-0.05, 0) is 31.9 Å². The molecule has 0 aromatic carbocycles. The highest BCUT2D eigenvalue weighted by Gasteiger charge is 2.16. The minimum atomic E-state index is -0.504. The van der Waals surface area contributed by atoms with Crippen molar-refractivity contribution < 1.29 is 19.1 Å². The Kier molecular flexibility index (Phi) is 14.7. The molecule has 0 aliphatic heterocycles. The Bertz CT molecular complexity index is 603. The van der Waals surface area contributed by atoms with Gasteiger partial charge in [0.2, 0.25) is 0 Å². The summed E-state index contributed by atoms with van der Waals surface area (Å²) in [6, 6.07) is 4.75. The van der Waals surface area contributed by atoms with Crippen LogP contribution in [0.5, 0.6) is 0 Å². The lowest BCUT2D eigenvalue weighted by atomic mass is 10.1. The summed E-state index contributed by atoms with van der Waals surface area (Å²) in [6.45, 7) is 6.53. The second-order valence-electron chi connectivity index (χ2n) is 8.08. The Morgan fingerprint density at radius 1 is 0.800 bits per heavy atom. The van der Waals surface area contributed by atoms with Crippen LogP contribution in [0.2, 0.25) is 0 Å². The predicted molar refractivity (Wildman–Crippen MR) is 121 cm³/mol. The number of hydrogen-bond acceptors (Lipinski definition) is 5. The standard InChI is InChI=1S/C25H41NO4/c1-4-6-7-8-9-10-11-12-13-14-15-20-29-24(27)22-18-16-19-23(26-22)25(28)30-21(3)17-5-2/h16,18-19,21H,4-15,17,20H2,1-3H3. The Balaban J connectivity index is 2.18. The van der Waals surface area contributed by atoms with Crippen molar-refractivity contribution in [3.05, 3.63) is 29.6 Å². The minimum Gasteiger partial charge on any atom is -0.461 e. The largest absolute Gasteiger partial charge is 0.461 e. The highest BCUT2D eigenvalue weighted by molar-refractivity contribution is 5.91. The van der Waals surface area contributed by atoms with Gasteiger partial charge >= 0.3 is 11.9 Å². The maximum Gasteiger partial charge on any atom is 0.357 e. The summed E-state index contributed by atoms with van der Waals surface area (Å²) < 4.78 is 10.6. The van der Waals surface area contributed by atoms with E-state index in [1.54, 1.807) is 18.2 Å². The Hall–Kier alpha value is -1.91. The van der Waals surface area contributed by atoms with E-state index < -0.39 is 11.9 Å². The lowest BCUT2D eigenvalue weighted by molar-refractivity contribution is 0.0316. The number of nitrogens with zero attached hydrogens (tertiary/aromatic N) is 1. The SMILES string of the molecule is CCCCCCCCCCCCCOC(=O)c1cccc(C(=O)OC(C)CCC)n1. The molecule has 0 aliphatic carbocycles. The van der Waals surface area contributed by atoms with Gasteiger partial charge in [-0.25, -0.2) is 14.6 Å². The summed E-state index contributed by atoms with van der Waals surface area (Å²) in [6.07, 6.45) is 15.3. The zero-order chi connectivity index (χ0) is 22.0. The van der Waals surface area contributed by atoms with Gasteiger partial charge in [-0.3, -0.25) is 0 Å². The maximum absolute atomic E-state index is 12.2. The maximum atomic E-state index is 12.2. The molecule has 0 saturated carbocycles. The molecule has 0 N–H and O–H groups in total. The van der Waals surface area contributed by atoms with Crippen molar-refractivity contribution in [1.29, 1.82) is 0 Å². The van der Waals surface area contributed by atoms with Gasteiger partial charge in [0, 0.05) is 0 Å². The summed E-state index contributed by atoms with van der Waals surface area (Å²) in [5.41, 5.74) is 0.290. The van der Waals surface area contributed by atoms with E-state index in [9.17, 15) is 9.59 Å². The first-order valence-corrected chi connectivity index (χ1v) is 11.9. The lowest BCUT2D eigenvalue weighted by Gasteiger charge is -2.12. The van der Waals surface area contributed by atoms with Crippen molar-refractivity contribution in [2.45, 2.75) is 110 Å². The van der Waals surface area contributed by atoms with E-state index in [0.717, 1.165) is 25.7 Å². The minimum absolute atomic E-state index is 0.141. The summed E-state index contributed by atoms with van der Waals surface area (Å²) in [4.78, 5) is 28.4. The van der Waals surface area contributed by atoms with Crippen molar-refractivity contribution in [2.75, 3.05) is 6.61 Å². The van der Waals surface area contributed by atoms with Gasteiger partial charge < -0.3 is 9.47 Å². The highest BCUT2D eigenvalue weighted by Crippen LogP contribution is 2.12. The third kappa shape index (κ3) is 11.9. The number of carbonyl (C=O) groups excluding carboxylic acids is 2. The van der Waals surface area contributed by atoms with Gasteiger partial charge in [-0.1, -0.05) is 90.5 Å². The fourth-order valence-electron chi connectivity index (χ4n) is 3.38. The number of aromatic nitrogens is 1. The van der Waals surface area contributed by atoms with Crippen molar-refractivity contribution in [2.24, 2.45) is 0 Å². The van der Waals surface area contributed by atoms with Gasteiger partial charge in [0.15, 0.2) is 0 Å². The van der Waals surface area contributed by atoms with Crippen LogP contribution < -0.4 is 0 Å². The van der Waals surface area contributed by atoms with Crippen LogP contribution in [0.3, 0.4) is 0 Å². The molecule has 1 atom stereocenters. The molecule has 1 aromatic rings. The Morgan fingerprint density at radius 3 is 1.90 bits per heavy atom. The van der Waals surface area contributed by atoms with Gasteiger partial charge in [-0.2, -0.15) is 0 Å². The molecular weight excluding hydrogens is 378 g/mol. The molecule has 1 heterocycles.